The molecule has 0 aliphatic heterocycles. The second kappa shape index (κ2) is 5.34. The van der Waals surface area contributed by atoms with Crippen LogP contribution < -0.4 is 11.1 Å². The van der Waals surface area contributed by atoms with Crippen LogP contribution in [0.15, 0.2) is 42.5 Å². The standard InChI is InChI=1S/C18H20N2O/c1-11-7-8-14(9-12(11)2)18(21)20-17-15-6-4-3-5-13(15)10-16(17)19/h3-9,16-17H,10,19H2,1-2H3,(H,20,21). The topological polar surface area (TPSA) is 55.1 Å². The van der Waals surface area contributed by atoms with Crippen molar-refractivity contribution in [3.05, 3.63) is 70.3 Å². The minimum atomic E-state index is -0.102. The molecule has 3 heteroatoms. The summed E-state index contributed by atoms with van der Waals surface area (Å²) >= 11 is 0. The molecular formula is C18H20N2O. The molecule has 1 amide bonds. The highest BCUT2D eigenvalue weighted by atomic mass is 16.1. The van der Waals surface area contributed by atoms with Crippen LogP contribution in [-0.4, -0.2) is 11.9 Å². The number of amides is 1. The van der Waals surface area contributed by atoms with Crippen molar-refractivity contribution < 1.29 is 4.79 Å². The fraction of sp³-hybridized carbons (Fsp3) is 0.278. The fourth-order valence-electron chi connectivity index (χ4n) is 2.92. The zero-order valence-electron chi connectivity index (χ0n) is 12.4. The van der Waals surface area contributed by atoms with Gasteiger partial charge in [0.25, 0.3) is 5.91 Å². The maximum Gasteiger partial charge on any atom is 0.251 e. The van der Waals surface area contributed by atoms with Crippen molar-refractivity contribution in [2.75, 3.05) is 0 Å². The molecule has 2 unspecified atom stereocenters. The Morgan fingerprint density at radius 1 is 1.14 bits per heavy atom. The van der Waals surface area contributed by atoms with Crippen molar-refractivity contribution in [1.29, 1.82) is 0 Å². The summed E-state index contributed by atoms with van der Waals surface area (Å²) in [6.07, 6.45) is 0.814. The van der Waals surface area contributed by atoms with Gasteiger partial charge in [0, 0.05) is 11.6 Å². The molecule has 1 aliphatic carbocycles. The number of carbonyl (C=O) groups is 1. The minimum Gasteiger partial charge on any atom is -0.344 e. The summed E-state index contributed by atoms with van der Waals surface area (Å²) in [5, 5.41) is 3.08. The van der Waals surface area contributed by atoms with Crippen molar-refractivity contribution in [3.63, 3.8) is 0 Å². The van der Waals surface area contributed by atoms with Gasteiger partial charge in [-0.25, -0.2) is 0 Å². The zero-order chi connectivity index (χ0) is 15.0. The van der Waals surface area contributed by atoms with Gasteiger partial charge in [-0.3, -0.25) is 4.79 Å². The van der Waals surface area contributed by atoms with E-state index >= 15 is 0 Å². The van der Waals surface area contributed by atoms with Gasteiger partial charge < -0.3 is 11.1 Å². The van der Waals surface area contributed by atoms with Gasteiger partial charge in [0.2, 0.25) is 0 Å². The van der Waals surface area contributed by atoms with E-state index in [0.29, 0.717) is 5.56 Å². The monoisotopic (exact) mass is 280 g/mol. The highest BCUT2D eigenvalue weighted by molar-refractivity contribution is 5.94. The van der Waals surface area contributed by atoms with Crippen molar-refractivity contribution in [2.45, 2.75) is 32.4 Å². The summed E-state index contributed by atoms with van der Waals surface area (Å²) in [5.74, 6) is -0.0600. The lowest BCUT2D eigenvalue weighted by Gasteiger charge is -2.19. The molecule has 3 nitrogen and oxygen atoms in total. The summed E-state index contributed by atoms with van der Waals surface area (Å²) in [4.78, 5) is 12.5. The number of carbonyl (C=O) groups excluding carboxylic acids is 1. The first kappa shape index (κ1) is 13.8. The van der Waals surface area contributed by atoms with Gasteiger partial charge in [-0.05, 0) is 54.7 Å². The Labute approximate surface area is 125 Å². The molecule has 0 aromatic heterocycles. The van der Waals surface area contributed by atoms with Crippen molar-refractivity contribution >= 4 is 5.91 Å². The van der Waals surface area contributed by atoms with E-state index in [-0.39, 0.29) is 18.0 Å². The van der Waals surface area contributed by atoms with Crippen molar-refractivity contribution in [3.8, 4) is 0 Å². The first-order valence-electron chi connectivity index (χ1n) is 7.28. The van der Waals surface area contributed by atoms with Crippen LogP contribution in [0.5, 0.6) is 0 Å². The summed E-state index contributed by atoms with van der Waals surface area (Å²) < 4.78 is 0. The highest BCUT2D eigenvalue weighted by Crippen LogP contribution is 2.30. The maximum absolute atomic E-state index is 12.5. The van der Waals surface area contributed by atoms with Crippen LogP contribution >= 0.6 is 0 Å². The third-order valence-corrected chi connectivity index (χ3v) is 4.33. The summed E-state index contributed by atoms with van der Waals surface area (Å²) in [5.41, 5.74) is 11.6. The Morgan fingerprint density at radius 2 is 1.90 bits per heavy atom. The average molecular weight is 280 g/mol. The summed E-state index contributed by atoms with van der Waals surface area (Å²) in [7, 11) is 0. The molecule has 0 saturated heterocycles. The molecule has 2 aromatic carbocycles. The van der Waals surface area contributed by atoms with Gasteiger partial charge in [0.05, 0.1) is 6.04 Å². The summed E-state index contributed by atoms with van der Waals surface area (Å²) in [6, 6.07) is 13.7. The van der Waals surface area contributed by atoms with E-state index in [1.165, 1.54) is 11.1 Å². The Hall–Kier alpha value is -2.13. The van der Waals surface area contributed by atoms with Gasteiger partial charge in [0.15, 0.2) is 0 Å². The molecule has 0 radical (unpaired) electrons. The maximum atomic E-state index is 12.5. The fourth-order valence-corrected chi connectivity index (χ4v) is 2.92. The van der Waals surface area contributed by atoms with E-state index in [1.54, 1.807) is 0 Å². The van der Waals surface area contributed by atoms with Gasteiger partial charge in [-0.2, -0.15) is 0 Å². The minimum absolute atomic E-state index is 0.0575. The third-order valence-electron chi connectivity index (χ3n) is 4.33. The van der Waals surface area contributed by atoms with Gasteiger partial charge >= 0.3 is 0 Å². The number of aryl methyl sites for hydroxylation is 2. The molecule has 0 fully saturated rings. The van der Waals surface area contributed by atoms with Crippen LogP contribution in [0.3, 0.4) is 0 Å². The highest BCUT2D eigenvalue weighted by Gasteiger charge is 2.30. The van der Waals surface area contributed by atoms with E-state index in [1.807, 2.05) is 50.2 Å². The lowest BCUT2D eigenvalue weighted by atomic mass is 10.0. The molecule has 2 aromatic rings. The molecule has 2 atom stereocenters. The lowest BCUT2D eigenvalue weighted by Crippen LogP contribution is -2.38. The smallest absolute Gasteiger partial charge is 0.251 e. The number of nitrogens with one attached hydrogen (secondary N) is 1. The van der Waals surface area contributed by atoms with Crippen LogP contribution in [0, 0.1) is 13.8 Å². The lowest BCUT2D eigenvalue weighted by molar-refractivity contribution is 0.0933. The molecule has 0 heterocycles. The quantitative estimate of drug-likeness (QED) is 0.888. The average Bonchev–Trinajstić information content (AvgIpc) is 2.78. The molecule has 3 rings (SSSR count). The number of rotatable bonds is 2. The Morgan fingerprint density at radius 3 is 2.67 bits per heavy atom. The largest absolute Gasteiger partial charge is 0.344 e. The molecule has 0 spiro atoms. The molecule has 0 saturated carbocycles. The normalized spacial score (nSPS) is 20.1. The van der Waals surface area contributed by atoms with E-state index in [2.05, 4.69) is 11.4 Å². The second-order valence-electron chi connectivity index (χ2n) is 5.82. The number of nitrogens with two attached hydrogens (primary N) is 1. The van der Waals surface area contributed by atoms with E-state index in [0.717, 1.165) is 17.5 Å². The van der Waals surface area contributed by atoms with E-state index in [9.17, 15) is 4.79 Å². The van der Waals surface area contributed by atoms with Crippen LogP contribution in [0.4, 0.5) is 0 Å². The predicted molar refractivity (Wildman–Crippen MR) is 84.2 cm³/mol. The molecule has 1 aliphatic rings. The van der Waals surface area contributed by atoms with Crippen LogP contribution in [0.25, 0.3) is 0 Å². The zero-order valence-corrected chi connectivity index (χ0v) is 12.4. The van der Waals surface area contributed by atoms with Crippen LogP contribution in [0.1, 0.15) is 38.7 Å². The predicted octanol–water partition coefficient (Wildman–Crippen LogP) is 2.66. The number of benzene rings is 2. The second-order valence-corrected chi connectivity index (χ2v) is 5.82. The Kier molecular flexibility index (Phi) is 3.52. The Bertz CT molecular complexity index is 693. The number of hydrogen-bond donors (Lipinski definition) is 2. The molecule has 0 bridgehead atoms. The number of fused-ring (bicyclic) bond motifs is 1. The third kappa shape index (κ3) is 2.57. The van der Waals surface area contributed by atoms with Crippen LogP contribution in [0.2, 0.25) is 0 Å². The molecular weight excluding hydrogens is 260 g/mol. The molecule has 21 heavy (non-hydrogen) atoms. The van der Waals surface area contributed by atoms with Crippen molar-refractivity contribution in [2.24, 2.45) is 5.73 Å². The Balaban J connectivity index is 1.83. The van der Waals surface area contributed by atoms with Crippen LogP contribution in [-0.2, 0) is 6.42 Å². The van der Waals surface area contributed by atoms with Gasteiger partial charge in [-0.15, -0.1) is 0 Å². The number of hydrogen-bond acceptors (Lipinski definition) is 2. The molecule has 108 valence electrons. The van der Waals surface area contributed by atoms with Crippen molar-refractivity contribution in [1.82, 2.24) is 5.32 Å². The summed E-state index contributed by atoms with van der Waals surface area (Å²) in [6.45, 7) is 4.06. The molecule has 3 N–H and O–H groups in total. The van der Waals surface area contributed by atoms with E-state index in [4.69, 9.17) is 5.73 Å². The first-order valence-corrected chi connectivity index (χ1v) is 7.28. The first-order chi connectivity index (χ1) is 10.1. The van der Waals surface area contributed by atoms with E-state index < -0.39 is 0 Å². The van der Waals surface area contributed by atoms with Gasteiger partial charge in [-0.1, -0.05) is 30.3 Å². The SMILES string of the molecule is Cc1ccc(C(=O)NC2c3ccccc3CC2N)cc1C. The van der Waals surface area contributed by atoms with Gasteiger partial charge in [0.1, 0.15) is 0 Å².